The molecule has 5 heteroatoms. The molecule has 23 heavy (non-hydrogen) atoms. The zero-order valence-electron chi connectivity index (χ0n) is 13.4. The van der Waals surface area contributed by atoms with E-state index in [1.807, 2.05) is 26.0 Å². The van der Waals surface area contributed by atoms with E-state index in [2.05, 4.69) is 10.3 Å². The number of nitrogens with one attached hydrogen (secondary N) is 1. The van der Waals surface area contributed by atoms with Gasteiger partial charge in [0.05, 0.1) is 0 Å². The number of benzene rings is 1. The number of pyridine rings is 1. The molecular weight excluding hydrogens is 290 g/mol. The van der Waals surface area contributed by atoms with Crippen molar-refractivity contribution in [3.05, 3.63) is 65.8 Å². The molecule has 1 amide bonds. The second-order valence-electron chi connectivity index (χ2n) is 5.42. The number of hydrogen-bond donors (Lipinski definition) is 1. The highest BCUT2D eigenvalue weighted by molar-refractivity contribution is 5.94. The van der Waals surface area contributed by atoms with Crippen molar-refractivity contribution in [2.75, 3.05) is 6.54 Å². The van der Waals surface area contributed by atoms with Crippen LogP contribution in [0, 0.1) is 0 Å². The molecule has 1 aromatic heterocycles. The van der Waals surface area contributed by atoms with Crippen LogP contribution in [0.2, 0.25) is 0 Å². The van der Waals surface area contributed by atoms with E-state index in [0.717, 1.165) is 0 Å². The molecule has 0 aliphatic rings. The van der Waals surface area contributed by atoms with Gasteiger partial charge in [-0.2, -0.15) is 0 Å². The van der Waals surface area contributed by atoms with E-state index in [4.69, 9.17) is 0 Å². The molecule has 1 heterocycles. The van der Waals surface area contributed by atoms with Gasteiger partial charge in [-0.25, -0.2) is 0 Å². The molecule has 0 aliphatic heterocycles. The maximum Gasteiger partial charge on any atom is 0.251 e. The second-order valence-corrected chi connectivity index (χ2v) is 5.42. The molecule has 0 unspecified atom stereocenters. The summed E-state index contributed by atoms with van der Waals surface area (Å²) < 4.78 is 1.52. The summed E-state index contributed by atoms with van der Waals surface area (Å²) in [5.74, 6) is -0.276. The Kier molecular flexibility index (Phi) is 5.86. The van der Waals surface area contributed by atoms with Crippen LogP contribution < -0.4 is 10.8 Å². The van der Waals surface area contributed by atoms with E-state index in [1.54, 1.807) is 42.6 Å². The van der Waals surface area contributed by atoms with Crippen LogP contribution in [0.1, 0.15) is 35.4 Å². The first-order chi connectivity index (χ1) is 11.1. The van der Waals surface area contributed by atoms with Crippen LogP contribution in [-0.4, -0.2) is 29.0 Å². The summed E-state index contributed by atoms with van der Waals surface area (Å²) in [7, 11) is 0. The lowest BCUT2D eigenvalue weighted by atomic mass is 10.2. The molecule has 1 N–H and O–H groups in total. The van der Waals surface area contributed by atoms with Gasteiger partial charge in [-0.1, -0.05) is 24.3 Å². The third-order valence-electron chi connectivity index (χ3n) is 3.16. The lowest BCUT2D eigenvalue weighted by Crippen LogP contribution is -2.31. The van der Waals surface area contributed by atoms with E-state index < -0.39 is 0 Å². The van der Waals surface area contributed by atoms with Crippen LogP contribution in [0.3, 0.4) is 0 Å². The SMILES string of the molecule is CC(C)N=c1ccccn1C(=O)CCNC(=O)c1ccccc1. The summed E-state index contributed by atoms with van der Waals surface area (Å²) in [5.41, 5.74) is 1.21. The molecule has 1 aromatic carbocycles. The summed E-state index contributed by atoms with van der Waals surface area (Å²) in [5, 5.41) is 2.76. The molecule has 2 aromatic rings. The van der Waals surface area contributed by atoms with E-state index in [-0.39, 0.29) is 30.8 Å². The number of amides is 1. The van der Waals surface area contributed by atoms with Crippen LogP contribution in [0.15, 0.2) is 59.7 Å². The average molecular weight is 311 g/mol. The average Bonchev–Trinajstić information content (AvgIpc) is 2.55. The van der Waals surface area contributed by atoms with E-state index in [1.165, 1.54) is 4.57 Å². The second kappa shape index (κ2) is 8.08. The standard InChI is InChI=1S/C18H21N3O2/c1-14(2)20-16-10-6-7-13-21(16)17(22)11-12-19-18(23)15-8-4-3-5-9-15/h3-10,13-14H,11-12H2,1-2H3,(H,19,23). The summed E-state index contributed by atoms with van der Waals surface area (Å²) in [6.45, 7) is 4.21. The van der Waals surface area contributed by atoms with Gasteiger partial charge in [0.15, 0.2) is 0 Å². The molecule has 5 nitrogen and oxygen atoms in total. The Morgan fingerprint density at radius 2 is 1.78 bits per heavy atom. The highest BCUT2D eigenvalue weighted by Crippen LogP contribution is 1.98. The smallest absolute Gasteiger partial charge is 0.251 e. The molecule has 0 saturated heterocycles. The van der Waals surface area contributed by atoms with Crippen LogP contribution >= 0.6 is 0 Å². The first-order valence-electron chi connectivity index (χ1n) is 7.66. The minimum atomic E-state index is -0.177. The molecule has 2 rings (SSSR count). The van der Waals surface area contributed by atoms with Gasteiger partial charge in [0.1, 0.15) is 5.49 Å². The monoisotopic (exact) mass is 311 g/mol. The van der Waals surface area contributed by atoms with Crippen LogP contribution in [0.5, 0.6) is 0 Å². The van der Waals surface area contributed by atoms with Crippen molar-refractivity contribution in [1.82, 2.24) is 9.88 Å². The quantitative estimate of drug-likeness (QED) is 0.920. The number of rotatable bonds is 5. The van der Waals surface area contributed by atoms with E-state index >= 15 is 0 Å². The third kappa shape index (κ3) is 4.92. The minimum absolute atomic E-state index is 0.0987. The fourth-order valence-corrected chi connectivity index (χ4v) is 2.11. The van der Waals surface area contributed by atoms with Crippen molar-refractivity contribution in [3.63, 3.8) is 0 Å². The Hall–Kier alpha value is -2.69. The van der Waals surface area contributed by atoms with Crippen molar-refractivity contribution in [2.24, 2.45) is 4.99 Å². The molecule has 0 fully saturated rings. The van der Waals surface area contributed by atoms with Gasteiger partial charge in [0.25, 0.3) is 5.91 Å². The lowest BCUT2D eigenvalue weighted by Gasteiger charge is -2.08. The zero-order chi connectivity index (χ0) is 16.7. The number of aromatic nitrogens is 1. The van der Waals surface area contributed by atoms with Gasteiger partial charge in [-0.05, 0) is 38.1 Å². The van der Waals surface area contributed by atoms with Crippen molar-refractivity contribution in [1.29, 1.82) is 0 Å². The molecule has 0 bridgehead atoms. The molecule has 120 valence electrons. The van der Waals surface area contributed by atoms with Crippen LogP contribution in [0.4, 0.5) is 0 Å². The summed E-state index contributed by atoms with van der Waals surface area (Å²) >= 11 is 0. The van der Waals surface area contributed by atoms with Crippen molar-refractivity contribution < 1.29 is 9.59 Å². The van der Waals surface area contributed by atoms with Crippen molar-refractivity contribution in [2.45, 2.75) is 26.3 Å². The van der Waals surface area contributed by atoms with Crippen molar-refractivity contribution >= 4 is 11.8 Å². The molecular formula is C18H21N3O2. The first-order valence-corrected chi connectivity index (χ1v) is 7.66. The fraction of sp³-hybridized carbons (Fsp3) is 0.278. The van der Waals surface area contributed by atoms with Crippen LogP contribution in [-0.2, 0) is 0 Å². The Morgan fingerprint density at radius 3 is 2.48 bits per heavy atom. The van der Waals surface area contributed by atoms with Crippen molar-refractivity contribution in [3.8, 4) is 0 Å². The number of hydrogen-bond acceptors (Lipinski definition) is 3. The largest absolute Gasteiger partial charge is 0.352 e. The predicted octanol–water partition coefficient (Wildman–Crippen LogP) is 2.26. The summed E-state index contributed by atoms with van der Waals surface area (Å²) in [6.07, 6.45) is 1.91. The molecule has 0 atom stereocenters. The fourth-order valence-electron chi connectivity index (χ4n) is 2.11. The van der Waals surface area contributed by atoms with Gasteiger partial charge in [-0.15, -0.1) is 0 Å². The number of nitrogens with zero attached hydrogens (tertiary/aromatic N) is 2. The summed E-state index contributed by atoms with van der Waals surface area (Å²) in [4.78, 5) is 28.7. The Balaban J connectivity index is 1.97. The molecule has 0 saturated carbocycles. The summed E-state index contributed by atoms with van der Waals surface area (Å²) in [6, 6.07) is 14.5. The highest BCUT2D eigenvalue weighted by Gasteiger charge is 2.08. The molecule has 0 aliphatic carbocycles. The van der Waals surface area contributed by atoms with Gasteiger partial charge < -0.3 is 5.32 Å². The predicted molar refractivity (Wildman–Crippen MR) is 89.1 cm³/mol. The normalized spacial score (nSPS) is 11.5. The molecule has 0 radical (unpaired) electrons. The third-order valence-corrected chi connectivity index (χ3v) is 3.16. The molecule has 0 spiro atoms. The van der Waals surface area contributed by atoms with Crippen LogP contribution in [0.25, 0.3) is 0 Å². The van der Waals surface area contributed by atoms with E-state index in [9.17, 15) is 9.59 Å². The Bertz CT molecular complexity index is 733. The zero-order valence-corrected chi connectivity index (χ0v) is 13.4. The number of carbonyl (C=O) groups excluding carboxylic acids is 2. The van der Waals surface area contributed by atoms with Gasteiger partial charge >= 0.3 is 0 Å². The lowest BCUT2D eigenvalue weighted by molar-refractivity contribution is 0.0888. The highest BCUT2D eigenvalue weighted by atomic mass is 16.2. The maximum atomic E-state index is 12.3. The number of carbonyl (C=O) groups is 2. The van der Waals surface area contributed by atoms with Gasteiger partial charge in [-0.3, -0.25) is 19.1 Å². The minimum Gasteiger partial charge on any atom is -0.352 e. The van der Waals surface area contributed by atoms with Gasteiger partial charge in [0.2, 0.25) is 5.91 Å². The first kappa shape index (κ1) is 16.7. The Morgan fingerprint density at radius 1 is 1.09 bits per heavy atom. The van der Waals surface area contributed by atoms with E-state index in [0.29, 0.717) is 11.1 Å². The van der Waals surface area contributed by atoms with Gasteiger partial charge in [0, 0.05) is 30.8 Å². The topological polar surface area (TPSA) is 63.5 Å². The Labute approximate surface area is 135 Å². The maximum absolute atomic E-state index is 12.3.